The van der Waals surface area contributed by atoms with Gasteiger partial charge in [0.2, 0.25) is 0 Å². The lowest BCUT2D eigenvalue weighted by Crippen LogP contribution is -2.33. The van der Waals surface area contributed by atoms with Gasteiger partial charge in [0.25, 0.3) is 0 Å². The van der Waals surface area contributed by atoms with E-state index in [2.05, 4.69) is 15.3 Å². The molecule has 0 radical (unpaired) electrons. The molecule has 7 heteroatoms. The monoisotopic (exact) mass is 330 g/mol. The molecule has 1 heterocycles. The maximum Gasteiger partial charge on any atom is 0.150 e. The second-order valence-corrected chi connectivity index (χ2v) is 5.47. The van der Waals surface area contributed by atoms with Gasteiger partial charge in [-0.25, -0.2) is 0 Å². The Morgan fingerprint density at radius 3 is 3.00 bits per heavy atom. The summed E-state index contributed by atoms with van der Waals surface area (Å²) in [5.41, 5.74) is 11.1. The van der Waals surface area contributed by atoms with Crippen LogP contribution in [0.1, 0.15) is 0 Å². The van der Waals surface area contributed by atoms with Gasteiger partial charge in [-0.15, -0.1) is 0 Å². The lowest BCUT2D eigenvalue weighted by atomic mass is 10.0. The molecule has 23 heavy (non-hydrogen) atoms. The fourth-order valence-corrected chi connectivity index (χ4v) is 2.79. The van der Waals surface area contributed by atoms with E-state index in [0.29, 0.717) is 23.1 Å². The summed E-state index contributed by atoms with van der Waals surface area (Å²) in [6.45, 7) is 0.861. The molecule has 0 aromatic heterocycles. The van der Waals surface area contributed by atoms with Crippen molar-refractivity contribution in [2.45, 2.75) is 6.10 Å². The van der Waals surface area contributed by atoms with Crippen LogP contribution in [0.5, 0.6) is 11.5 Å². The predicted octanol–water partition coefficient (Wildman–Crippen LogP) is 4.50. The lowest BCUT2D eigenvalue weighted by Gasteiger charge is -2.28. The quantitative estimate of drug-likeness (QED) is 0.509. The molecule has 1 aliphatic rings. The smallest absolute Gasteiger partial charge is 0.150 e. The minimum atomic E-state index is -0.212. The van der Waals surface area contributed by atoms with E-state index in [9.17, 15) is 0 Å². The fourth-order valence-electron chi connectivity index (χ4n) is 2.52. The molecule has 0 spiro atoms. The van der Waals surface area contributed by atoms with Gasteiger partial charge >= 0.3 is 0 Å². The zero-order valence-corrected chi connectivity index (χ0v) is 13.2. The predicted molar refractivity (Wildman–Crippen MR) is 90.4 cm³/mol. The van der Waals surface area contributed by atoms with Crippen LogP contribution in [0.3, 0.4) is 0 Å². The van der Waals surface area contributed by atoms with E-state index in [1.165, 1.54) is 0 Å². The summed E-state index contributed by atoms with van der Waals surface area (Å²) in [5, 5.41) is 7.46. The van der Waals surface area contributed by atoms with Gasteiger partial charge in [-0.1, -0.05) is 28.8 Å². The van der Waals surface area contributed by atoms with E-state index >= 15 is 0 Å². The minimum Gasteiger partial charge on any atom is -0.497 e. The van der Waals surface area contributed by atoms with Crippen molar-refractivity contribution in [3.8, 4) is 22.6 Å². The third-order valence-electron chi connectivity index (χ3n) is 3.63. The maximum atomic E-state index is 8.46. The van der Waals surface area contributed by atoms with Crippen molar-refractivity contribution in [2.24, 2.45) is 5.11 Å². The van der Waals surface area contributed by atoms with Crippen LogP contribution in [-0.2, 0) is 0 Å². The van der Waals surface area contributed by atoms with Gasteiger partial charge in [-0.3, -0.25) is 0 Å². The van der Waals surface area contributed by atoms with Gasteiger partial charge in [-0.2, -0.15) is 0 Å². The molecule has 6 nitrogen and oxygen atoms in total. The summed E-state index contributed by atoms with van der Waals surface area (Å²) < 4.78 is 11.2. The molecule has 2 aromatic carbocycles. The molecule has 118 valence electrons. The SMILES string of the molecule is COc1ccc(-c2cccc3c2O[C@@H](CN=[N+]=[N-])CN3)c(Cl)c1. The molecule has 1 aliphatic heterocycles. The molecular formula is C16H15ClN4O2. The molecule has 0 unspecified atom stereocenters. The third kappa shape index (κ3) is 3.13. The summed E-state index contributed by atoms with van der Waals surface area (Å²) in [7, 11) is 1.60. The number of para-hydroxylation sites is 1. The highest BCUT2D eigenvalue weighted by atomic mass is 35.5. The number of nitrogens with one attached hydrogen (secondary N) is 1. The van der Waals surface area contributed by atoms with E-state index in [1.807, 2.05) is 30.3 Å². The Bertz CT molecular complexity index is 775. The Hall–Kier alpha value is -2.56. The van der Waals surface area contributed by atoms with E-state index in [4.69, 9.17) is 26.6 Å². The number of azide groups is 1. The summed E-state index contributed by atoms with van der Waals surface area (Å²) in [6.07, 6.45) is -0.212. The van der Waals surface area contributed by atoms with Crippen LogP contribution in [0.2, 0.25) is 5.02 Å². The number of fused-ring (bicyclic) bond motifs is 1. The van der Waals surface area contributed by atoms with E-state index < -0.39 is 0 Å². The maximum absolute atomic E-state index is 8.46. The minimum absolute atomic E-state index is 0.212. The van der Waals surface area contributed by atoms with Crippen LogP contribution in [0.15, 0.2) is 41.5 Å². The second-order valence-electron chi connectivity index (χ2n) is 5.06. The second kappa shape index (κ2) is 6.69. The van der Waals surface area contributed by atoms with Crippen LogP contribution >= 0.6 is 11.6 Å². The zero-order chi connectivity index (χ0) is 16.2. The molecule has 1 atom stereocenters. The number of methoxy groups -OCH3 is 1. The van der Waals surface area contributed by atoms with Crippen LogP contribution in [-0.4, -0.2) is 26.3 Å². The number of anilines is 1. The number of halogens is 1. The van der Waals surface area contributed by atoms with Gasteiger partial charge in [0.1, 0.15) is 11.9 Å². The average Bonchev–Trinajstić information content (AvgIpc) is 2.59. The number of nitrogens with zero attached hydrogens (tertiary/aromatic N) is 3. The Morgan fingerprint density at radius 2 is 2.26 bits per heavy atom. The first kappa shape index (κ1) is 15.3. The summed E-state index contributed by atoms with van der Waals surface area (Å²) in [6, 6.07) is 11.4. The standard InChI is InChI=1S/C16H15ClN4O2/c1-22-10-5-6-12(14(17)7-10)13-3-2-4-15-16(13)23-11(8-19-15)9-20-21-18/h2-7,11,19H,8-9H2,1H3/t11-/m1/s1. The van der Waals surface area contributed by atoms with Crippen LogP contribution in [0.4, 0.5) is 5.69 Å². The average molecular weight is 331 g/mol. The topological polar surface area (TPSA) is 79.2 Å². The highest BCUT2D eigenvalue weighted by Gasteiger charge is 2.22. The first-order valence-electron chi connectivity index (χ1n) is 7.11. The fraction of sp³-hybridized carbons (Fsp3) is 0.250. The molecule has 0 saturated carbocycles. The van der Waals surface area contributed by atoms with Gasteiger partial charge in [0.05, 0.1) is 30.9 Å². The van der Waals surface area contributed by atoms with Crippen molar-refractivity contribution in [1.29, 1.82) is 0 Å². The van der Waals surface area contributed by atoms with Crippen LogP contribution in [0, 0.1) is 0 Å². The van der Waals surface area contributed by atoms with Crippen molar-refractivity contribution in [2.75, 3.05) is 25.5 Å². The highest BCUT2D eigenvalue weighted by Crippen LogP contribution is 2.42. The van der Waals surface area contributed by atoms with Crippen LogP contribution in [0.25, 0.3) is 21.6 Å². The normalized spacial score (nSPS) is 15.7. The lowest BCUT2D eigenvalue weighted by molar-refractivity contribution is 0.215. The van der Waals surface area contributed by atoms with Gasteiger partial charge in [0, 0.05) is 16.0 Å². The van der Waals surface area contributed by atoms with E-state index in [0.717, 1.165) is 16.8 Å². The number of hydrogen-bond acceptors (Lipinski definition) is 4. The van der Waals surface area contributed by atoms with Crippen molar-refractivity contribution in [1.82, 2.24) is 0 Å². The Kier molecular flexibility index (Phi) is 4.46. The summed E-state index contributed by atoms with van der Waals surface area (Å²) >= 11 is 6.38. The molecule has 1 N–H and O–H groups in total. The van der Waals surface area contributed by atoms with Crippen LogP contribution < -0.4 is 14.8 Å². The first-order chi connectivity index (χ1) is 11.2. The molecular weight excluding hydrogens is 316 g/mol. The highest BCUT2D eigenvalue weighted by molar-refractivity contribution is 6.33. The van der Waals surface area contributed by atoms with E-state index in [1.54, 1.807) is 13.2 Å². The largest absolute Gasteiger partial charge is 0.497 e. The van der Waals surface area contributed by atoms with Gasteiger partial charge in [-0.05, 0) is 29.8 Å². The molecule has 2 aromatic rings. The molecule has 0 aliphatic carbocycles. The van der Waals surface area contributed by atoms with Crippen molar-refractivity contribution >= 4 is 17.3 Å². The molecule has 0 bridgehead atoms. The Labute approximate surface area is 138 Å². The van der Waals surface area contributed by atoms with Crippen molar-refractivity contribution in [3.63, 3.8) is 0 Å². The summed E-state index contributed by atoms with van der Waals surface area (Å²) in [5.74, 6) is 1.41. The molecule has 0 saturated heterocycles. The Balaban J connectivity index is 2.00. The zero-order valence-electron chi connectivity index (χ0n) is 12.5. The van der Waals surface area contributed by atoms with E-state index in [-0.39, 0.29) is 12.6 Å². The first-order valence-corrected chi connectivity index (χ1v) is 7.49. The number of rotatable bonds is 4. The number of benzene rings is 2. The molecule has 3 rings (SSSR count). The summed E-state index contributed by atoms with van der Waals surface area (Å²) in [4.78, 5) is 2.78. The Morgan fingerprint density at radius 1 is 1.39 bits per heavy atom. The molecule has 0 fully saturated rings. The van der Waals surface area contributed by atoms with Crippen molar-refractivity contribution in [3.05, 3.63) is 51.9 Å². The van der Waals surface area contributed by atoms with Gasteiger partial charge < -0.3 is 14.8 Å². The third-order valence-corrected chi connectivity index (χ3v) is 3.95. The van der Waals surface area contributed by atoms with Gasteiger partial charge in [0.15, 0.2) is 5.75 Å². The number of hydrogen-bond donors (Lipinski definition) is 1. The molecule has 0 amide bonds. The van der Waals surface area contributed by atoms with Crippen molar-refractivity contribution < 1.29 is 9.47 Å². The number of ether oxygens (including phenoxy) is 2.